The van der Waals surface area contributed by atoms with Crippen LogP contribution in [0.25, 0.3) is 0 Å². The molecular weight excluding hydrogens is 290 g/mol. The van der Waals surface area contributed by atoms with Crippen molar-refractivity contribution in [1.29, 1.82) is 0 Å². The number of rotatable bonds is 6. The summed E-state index contributed by atoms with van der Waals surface area (Å²) in [5.74, 6) is -0.0242. The Hall–Kier alpha value is -1.60. The third-order valence-electron chi connectivity index (χ3n) is 3.67. The van der Waals surface area contributed by atoms with Crippen LogP contribution < -0.4 is 15.8 Å². The van der Waals surface area contributed by atoms with E-state index in [1.54, 1.807) is 18.2 Å². The van der Waals surface area contributed by atoms with E-state index < -0.39 is 15.9 Å². The maximum absolute atomic E-state index is 12.1. The van der Waals surface area contributed by atoms with Crippen molar-refractivity contribution in [1.82, 2.24) is 5.32 Å². The highest BCUT2D eigenvalue weighted by Gasteiger charge is 2.18. The fraction of sp³-hybridized carbons (Fsp3) is 0.500. The molecular formula is C14H21N3O3S. The molecule has 0 aliphatic carbocycles. The third kappa shape index (κ3) is 5.02. The van der Waals surface area contributed by atoms with Crippen molar-refractivity contribution in [2.45, 2.75) is 19.3 Å². The molecule has 0 unspecified atom stereocenters. The molecule has 7 heteroatoms. The molecule has 1 aliphatic rings. The number of benzene rings is 1. The summed E-state index contributed by atoms with van der Waals surface area (Å²) in [6.45, 7) is 1.91. The van der Waals surface area contributed by atoms with Gasteiger partial charge < -0.3 is 11.1 Å². The first-order valence-corrected chi connectivity index (χ1v) is 8.72. The van der Waals surface area contributed by atoms with E-state index in [4.69, 9.17) is 5.73 Å². The van der Waals surface area contributed by atoms with Gasteiger partial charge in [-0.3, -0.25) is 9.52 Å². The topological polar surface area (TPSA) is 101 Å². The minimum Gasteiger partial charge on any atom is -0.366 e. The summed E-state index contributed by atoms with van der Waals surface area (Å²) in [6, 6.07) is 6.21. The Bertz CT molecular complexity index is 595. The standard InChI is InChI=1S/C14H21N3O3S/c15-14(18)12-2-1-3-13(10-12)17-21(19,20)9-6-11-4-7-16-8-5-11/h1-3,10-11,16-17H,4-9H2,(H2,15,18). The molecule has 116 valence electrons. The molecule has 2 rings (SSSR count). The van der Waals surface area contributed by atoms with E-state index in [2.05, 4.69) is 10.0 Å². The highest BCUT2D eigenvalue weighted by Crippen LogP contribution is 2.18. The van der Waals surface area contributed by atoms with E-state index in [0.29, 0.717) is 18.0 Å². The zero-order valence-corrected chi connectivity index (χ0v) is 12.7. The first-order chi connectivity index (χ1) is 9.96. The molecule has 1 aromatic rings. The van der Waals surface area contributed by atoms with E-state index in [1.807, 2.05) is 0 Å². The van der Waals surface area contributed by atoms with Crippen molar-refractivity contribution >= 4 is 21.6 Å². The highest BCUT2D eigenvalue weighted by atomic mass is 32.2. The Balaban J connectivity index is 1.93. The molecule has 0 aromatic heterocycles. The van der Waals surface area contributed by atoms with Crippen LogP contribution in [-0.4, -0.2) is 33.2 Å². The number of nitrogens with two attached hydrogens (primary N) is 1. The van der Waals surface area contributed by atoms with Gasteiger partial charge in [0.2, 0.25) is 15.9 Å². The minimum absolute atomic E-state index is 0.0957. The first kappa shape index (κ1) is 15.8. The van der Waals surface area contributed by atoms with Gasteiger partial charge in [-0.25, -0.2) is 8.42 Å². The Labute approximate surface area is 125 Å². The quantitative estimate of drug-likeness (QED) is 0.727. The summed E-state index contributed by atoms with van der Waals surface area (Å²) in [5, 5.41) is 3.26. The number of hydrogen-bond acceptors (Lipinski definition) is 4. The van der Waals surface area contributed by atoms with Crippen LogP contribution in [0.3, 0.4) is 0 Å². The van der Waals surface area contributed by atoms with E-state index in [-0.39, 0.29) is 11.3 Å². The predicted molar refractivity (Wildman–Crippen MR) is 82.6 cm³/mol. The van der Waals surface area contributed by atoms with Gasteiger partial charge in [-0.1, -0.05) is 6.07 Å². The summed E-state index contributed by atoms with van der Waals surface area (Å²) >= 11 is 0. The molecule has 4 N–H and O–H groups in total. The van der Waals surface area contributed by atoms with E-state index >= 15 is 0 Å². The molecule has 1 heterocycles. The Morgan fingerprint density at radius 2 is 2.05 bits per heavy atom. The molecule has 21 heavy (non-hydrogen) atoms. The van der Waals surface area contributed by atoms with Crippen molar-refractivity contribution in [3.63, 3.8) is 0 Å². The molecule has 6 nitrogen and oxygen atoms in total. The summed E-state index contributed by atoms with van der Waals surface area (Å²) < 4.78 is 26.7. The number of carbonyl (C=O) groups is 1. The summed E-state index contributed by atoms with van der Waals surface area (Å²) in [5.41, 5.74) is 5.84. The van der Waals surface area contributed by atoms with Crippen molar-refractivity contribution < 1.29 is 13.2 Å². The molecule has 0 bridgehead atoms. The number of anilines is 1. The van der Waals surface area contributed by atoms with Gasteiger partial charge in [-0.05, 0) is 56.5 Å². The number of primary amides is 1. The molecule has 0 saturated carbocycles. The molecule has 1 saturated heterocycles. The third-order valence-corrected chi connectivity index (χ3v) is 4.99. The second-order valence-electron chi connectivity index (χ2n) is 5.35. The van der Waals surface area contributed by atoms with Crippen LogP contribution in [0.15, 0.2) is 24.3 Å². The molecule has 0 radical (unpaired) electrons. The highest BCUT2D eigenvalue weighted by molar-refractivity contribution is 7.92. The summed E-state index contributed by atoms with van der Waals surface area (Å²) in [4.78, 5) is 11.1. The van der Waals surface area contributed by atoms with Crippen LogP contribution in [0.2, 0.25) is 0 Å². The number of carbonyl (C=O) groups excluding carboxylic acids is 1. The second-order valence-corrected chi connectivity index (χ2v) is 7.19. The zero-order chi connectivity index (χ0) is 15.3. The Kier molecular flexibility index (Phi) is 5.19. The lowest BCUT2D eigenvalue weighted by molar-refractivity contribution is 0.100. The van der Waals surface area contributed by atoms with Gasteiger partial charge in [0.15, 0.2) is 0 Å². The maximum Gasteiger partial charge on any atom is 0.248 e. The zero-order valence-electron chi connectivity index (χ0n) is 11.8. The van der Waals surface area contributed by atoms with Crippen molar-refractivity contribution in [3.05, 3.63) is 29.8 Å². The summed E-state index contributed by atoms with van der Waals surface area (Å²) in [6.07, 6.45) is 2.70. The van der Waals surface area contributed by atoms with Crippen LogP contribution in [0.5, 0.6) is 0 Å². The van der Waals surface area contributed by atoms with Crippen LogP contribution in [0.1, 0.15) is 29.6 Å². The van der Waals surface area contributed by atoms with Gasteiger partial charge in [-0.15, -0.1) is 0 Å². The second kappa shape index (κ2) is 6.91. The lowest BCUT2D eigenvalue weighted by Crippen LogP contribution is -2.29. The predicted octanol–water partition coefficient (Wildman–Crippen LogP) is 0.917. The van der Waals surface area contributed by atoms with Crippen LogP contribution in [0.4, 0.5) is 5.69 Å². The van der Waals surface area contributed by atoms with Crippen LogP contribution in [-0.2, 0) is 10.0 Å². The molecule has 0 atom stereocenters. The lowest BCUT2D eigenvalue weighted by Gasteiger charge is -2.22. The molecule has 1 fully saturated rings. The number of sulfonamides is 1. The number of hydrogen-bond donors (Lipinski definition) is 3. The van der Waals surface area contributed by atoms with E-state index in [0.717, 1.165) is 25.9 Å². The van der Waals surface area contributed by atoms with Gasteiger partial charge in [0.1, 0.15) is 0 Å². The average Bonchev–Trinajstić information content (AvgIpc) is 2.46. The smallest absolute Gasteiger partial charge is 0.248 e. The van der Waals surface area contributed by atoms with Gasteiger partial charge in [0.25, 0.3) is 0 Å². The summed E-state index contributed by atoms with van der Waals surface area (Å²) in [7, 11) is -3.40. The molecule has 1 aromatic carbocycles. The van der Waals surface area contributed by atoms with Gasteiger partial charge in [0, 0.05) is 11.3 Å². The minimum atomic E-state index is -3.40. The lowest BCUT2D eigenvalue weighted by atomic mass is 9.96. The molecule has 0 spiro atoms. The van der Waals surface area contributed by atoms with Crippen molar-refractivity contribution in [2.75, 3.05) is 23.6 Å². The van der Waals surface area contributed by atoms with Gasteiger partial charge >= 0.3 is 0 Å². The largest absolute Gasteiger partial charge is 0.366 e. The van der Waals surface area contributed by atoms with Gasteiger partial charge in [-0.2, -0.15) is 0 Å². The van der Waals surface area contributed by atoms with E-state index in [9.17, 15) is 13.2 Å². The average molecular weight is 311 g/mol. The Morgan fingerprint density at radius 3 is 2.71 bits per heavy atom. The van der Waals surface area contributed by atoms with Crippen LogP contribution >= 0.6 is 0 Å². The fourth-order valence-corrected chi connectivity index (χ4v) is 3.69. The SMILES string of the molecule is NC(=O)c1cccc(NS(=O)(=O)CCC2CCNCC2)c1. The number of piperidine rings is 1. The Morgan fingerprint density at radius 1 is 1.33 bits per heavy atom. The van der Waals surface area contributed by atoms with Crippen molar-refractivity contribution in [3.8, 4) is 0 Å². The molecule has 1 amide bonds. The van der Waals surface area contributed by atoms with Gasteiger partial charge in [0.05, 0.1) is 5.75 Å². The molecule has 1 aliphatic heterocycles. The normalized spacial score (nSPS) is 16.6. The first-order valence-electron chi connectivity index (χ1n) is 7.07. The number of amides is 1. The number of nitrogens with one attached hydrogen (secondary N) is 2. The fourth-order valence-electron chi connectivity index (χ4n) is 2.46. The van der Waals surface area contributed by atoms with E-state index in [1.165, 1.54) is 6.07 Å². The van der Waals surface area contributed by atoms with Crippen LogP contribution in [0, 0.1) is 5.92 Å². The maximum atomic E-state index is 12.1. The van der Waals surface area contributed by atoms with Crippen molar-refractivity contribution in [2.24, 2.45) is 11.7 Å². The monoisotopic (exact) mass is 311 g/mol.